The van der Waals surface area contributed by atoms with Crippen LogP contribution >= 0.6 is 15.9 Å². The second kappa shape index (κ2) is 5.52. The summed E-state index contributed by atoms with van der Waals surface area (Å²) < 4.78 is 6.74. The van der Waals surface area contributed by atoms with Crippen LogP contribution in [-0.2, 0) is 12.8 Å². The van der Waals surface area contributed by atoms with E-state index in [1.54, 1.807) is 0 Å². The first-order valence-corrected chi connectivity index (χ1v) is 6.57. The number of benzene rings is 1. The van der Waals surface area contributed by atoms with Gasteiger partial charge in [-0.25, -0.2) is 0 Å². The maximum Gasteiger partial charge on any atom is 0.121 e. The number of nitrogens with two attached hydrogens (primary N) is 1. The molecule has 0 spiro atoms. The van der Waals surface area contributed by atoms with Crippen LogP contribution in [0, 0.1) is 0 Å². The molecule has 0 aliphatic heterocycles. The lowest BCUT2D eigenvalue weighted by Crippen LogP contribution is -2.12. The highest BCUT2D eigenvalue weighted by atomic mass is 79.9. The van der Waals surface area contributed by atoms with E-state index in [9.17, 15) is 0 Å². The molecule has 3 heteroatoms. The molecule has 0 fully saturated rings. The topological polar surface area (TPSA) is 39.2 Å². The van der Waals surface area contributed by atoms with Gasteiger partial charge in [-0.3, -0.25) is 0 Å². The Kier molecular flexibility index (Phi) is 4.02. The van der Waals surface area contributed by atoms with E-state index in [2.05, 4.69) is 35.0 Å². The first kappa shape index (κ1) is 12.4. The van der Waals surface area contributed by atoms with Crippen molar-refractivity contribution >= 4 is 15.9 Å². The van der Waals surface area contributed by atoms with E-state index in [1.807, 2.05) is 24.3 Å². The highest BCUT2D eigenvalue weighted by molar-refractivity contribution is 9.10. The highest BCUT2D eigenvalue weighted by Crippen LogP contribution is 2.20. The van der Waals surface area contributed by atoms with Gasteiger partial charge >= 0.3 is 0 Å². The summed E-state index contributed by atoms with van der Waals surface area (Å²) in [6, 6.07) is 12.1. The number of furan rings is 1. The van der Waals surface area contributed by atoms with Crippen LogP contribution in [0.25, 0.3) is 0 Å². The van der Waals surface area contributed by atoms with E-state index in [1.165, 1.54) is 5.56 Å². The number of hydrogen-bond donors (Lipinski definition) is 1. The molecule has 1 unspecified atom stereocenters. The molecule has 90 valence electrons. The Hall–Kier alpha value is -1.06. The molecule has 0 saturated carbocycles. The van der Waals surface area contributed by atoms with Crippen molar-refractivity contribution in [1.29, 1.82) is 0 Å². The molecule has 2 N–H and O–H groups in total. The maximum absolute atomic E-state index is 6.14. The molecule has 0 aliphatic rings. The van der Waals surface area contributed by atoms with Gasteiger partial charge in [-0.2, -0.15) is 0 Å². The average molecular weight is 294 g/mol. The van der Waals surface area contributed by atoms with Gasteiger partial charge in [0.15, 0.2) is 0 Å². The van der Waals surface area contributed by atoms with Crippen LogP contribution in [0.3, 0.4) is 0 Å². The normalized spacial score (nSPS) is 12.6. The highest BCUT2D eigenvalue weighted by Gasteiger charge is 2.11. The Bertz CT molecular complexity index is 492. The summed E-state index contributed by atoms with van der Waals surface area (Å²) in [6.07, 6.45) is 1.69. The van der Waals surface area contributed by atoms with Gasteiger partial charge in [0.25, 0.3) is 0 Å². The zero-order valence-electron chi connectivity index (χ0n) is 9.82. The van der Waals surface area contributed by atoms with Gasteiger partial charge in [0.1, 0.15) is 11.5 Å². The second-order valence-electron chi connectivity index (χ2n) is 4.10. The number of rotatable bonds is 4. The molecule has 0 aliphatic carbocycles. The van der Waals surface area contributed by atoms with Crippen molar-refractivity contribution in [2.45, 2.75) is 25.8 Å². The zero-order chi connectivity index (χ0) is 12.3. The SMILES string of the molecule is CCc1ccc(C(N)Cc2cccc(Br)c2)o1. The predicted molar refractivity (Wildman–Crippen MR) is 72.9 cm³/mol. The van der Waals surface area contributed by atoms with Crippen LogP contribution in [0.5, 0.6) is 0 Å². The third-order valence-electron chi connectivity index (χ3n) is 2.74. The second-order valence-corrected chi connectivity index (χ2v) is 5.01. The molecule has 1 aromatic heterocycles. The first-order valence-electron chi connectivity index (χ1n) is 5.77. The molecule has 1 heterocycles. The minimum Gasteiger partial charge on any atom is -0.464 e. The van der Waals surface area contributed by atoms with Gasteiger partial charge in [-0.15, -0.1) is 0 Å². The summed E-state index contributed by atoms with van der Waals surface area (Å²) in [6.45, 7) is 2.07. The lowest BCUT2D eigenvalue weighted by molar-refractivity contribution is 0.434. The summed E-state index contributed by atoms with van der Waals surface area (Å²) in [5.74, 6) is 1.85. The molecule has 0 radical (unpaired) electrons. The number of hydrogen-bond acceptors (Lipinski definition) is 2. The summed E-state index contributed by atoms with van der Waals surface area (Å²) in [7, 11) is 0. The molecular weight excluding hydrogens is 278 g/mol. The lowest BCUT2D eigenvalue weighted by Gasteiger charge is -2.09. The fourth-order valence-electron chi connectivity index (χ4n) is 1.80. The fraction of sp³-hybridized carbons (Fsp3) is 0.286. The van der Waals surface area contributed by atoms with Crippen molar-refractivity contribution in [2.24, 2.45) is 5.73 Å². The third kappa shape index (κ3) is 3.20. The van der Waals surface area contributed by atoms with Crippen molar-refractivity contribution < 1.29 is 4.42 Å². The van der Waals surface area contributed by atoms with Crippen LogP contribution in [0.1, 0.15) is 30.0 Å². The molecule has 1 atom stereocenters. The molecule has 0 saturated heterocycles. The fourth-order valence-corrected chi connectivity index (χ4v) is 2.25. The largest absolute Gasteiger partial charge is 0.464 e. The molecular formula is C14H16BrNO. The summed E-state index contributed by atoms with van der Waals surface area (Å²) in [4.78, 5) is 0. The third-order valence-corrected chi connectivity index (χ3v) is 3.23. The Labute approximate surface area is 110 Å². The van der Waals surface area contributed by atoms with Crippen LogP contribution < -0.4 is 5.73 Å². The van der Waals surface area contributed by atoms with E-state index in [-0.39, 0.29) is 6.04 Å². The van der Waals surface area contributed by atoms with E-state index in [0.717, 1.165) is 28.8 Å². The molecule has 0 amide bonds. The van der Waals surface area contributed by atoms with E-state index >= 15 is 0 Å². The van der Waals surface area contributed by atoms with Crippen molar-refractivity contribution in [1.82, 2.24) is 0 Å². The average Bonchev–Trinajstić information content (AvgIpc) is 2.77. The maximum atomic E-state index is 6.14. The molecule has 0 bridgehead atoms. The van der Waals surface area contributed by atoms with Crippen LogP contribution in [0.4, 0.5) is 0 Å². The van der Waals surface area contributed by atoms with Crippen LogP contribution in [0.15, 0.2) is 45.3 Å². The van der Waals surface area contributed by atoms with E-state index in [4.69, 9.17) is 10.2 Å². The first-order chi connectivity index (χ1) is 8.19. The molecule has 2 nitrogen and oxygen atoms in total. The zero-order valence-corrected chi connectivity index (χ0v) is 11.4. The van der Waals surface area contributed by atoms with Gasteiger partial charge in [0, 0.05) is 10.9 Å². The van der Waals surface area contributed by atoms with Gasteiger partial charge < -0.3 is 10.2 Å². The molecule has 17 heavy (non-hydrogen) atoms. The van der Waals surface area contributed by atoms with E-state index in [0.29, 0.717) is 0 Å². The lowest BCUT2D eigenvalue weighted by atomic mass is 10.1. The Morgan fingerprint density at radius 3 is 2.76 bits per heavy atom. The number of aryl methyl sites for hydroxylation is 1. The monoisotopic (exact) mass is 293 g/mol. The van der Waals surface area contributed by atoms with E-state index < -0.39 is 0 Å². The predicted octanol–water partition coefficient (Wildman–Crippen LogP) is 3.85. The minimum atomic E-state index is -0.0791. The van der Waals surface area contributed by atoms with Crippen molar-refractivity contribution in [3.05, 3.63) is 58.0 Å². The summed E-state index contributed by atoms with van der Waals surface area (Å²) >= 11 is 3.46. The van der Waals surface area contributed by atoms with Gasteiger partial charge in [-0.05, 0) is 36.2 Å². The Morgan fingerprint density at radius 2 is 2.12 bits per heavy atom. The quantitative estimate of drug-likeness (QED) is 0.930. The van der Waals surface area contributed by atoms with Gasteiger partial charge in [-0.1, -0.05) is 35.0 Å². The van der Waals surface area contributed by atoms with Gasteiger partial charge in [0.2, 0.25) is 0 Å². The van der Waals surface area contributed by atoms with Crippen molar-refractivity contribution in [2.75, 3.05) is 0 Å². The van der Waals surface area contributed by atoms with Crippen LogP contribution in [-0.4, -0.2) is 0 Å². The Morgan fingerprint density at radius 1 is 1.29 bits per heavy atom. The minimum absolute atomic E-state index is 0.0791. The summed E-state index contributed by atoms with van der Waals surface area (Å²) in [5, 5.41) is 0. The van der Waals surface area contributed by atoms with Crippen LogP contribution in [0.2, 0.25) is 0 Å². The standard InChI is InChI=1S/C14H16BrNO/c1-2-12-6-7-14(17-12)13(16)9-10-4-3-5-11(15)8-10/h3-8,13H,2,9,16H2,1H3. The van der Waals surface area contributed by atoms with Gasteiger partial charge in [0.05, 0.1) is 6.04 Å². The van der Waals surface area contributed by atoms with Crippen molar-refractivity contribution in [3.63, 3.8) is 0 Å². The Balaban J connectivity index is 2.08. The number of halogens is 1. The molecule has 2 aromatic rings. The summed E-state index contributed by atoms with van der Waals surface area (Å²) in [5.41, 5.74) is 7.35. The van der Waals surface area contributed by atoms with Crippen molar-refractivity contribution in [3.8, 4) is 0 Å². The molecule has 1 aromatic carbocycles. The smallest absolute Gasteiger partial charge is 0.121 e. The molecule has 2 rings (SSSR count).